The number of hydrogen-bond donors (Lipinski definition) is 0. The van der Waals surface area contributed by atoms with Crippen molar-refractivity contribution in [2.45, 2.75) is 25.2 Å². The van der Waals surface area contributed by atoms with E-state index in [0.29, 0.717) is 15.8 Å². The van der Waals surface area contributed by atoms with Crippen LogP contribution < -0.4 is 9.64 Å². The van der Waals surface area contributed by atoms with Crippen LogP contribution >= 0.6 is 35.7 Å². The van der Waals surface area contributed by atoms with Crippen molar-refractivity contribution in [2.24, 2.45) is 0 Å². The minimum absolute atomic E-state index is 0.0129. The molecule has 132 valence electrons. The quantitative estimate of drug-likeness (QED) is 0.537. The fourth-order valence-electron chi connectivity index (χ4n) is 2.74. The standard InChI is InChI=1S/C18H20N2O2S3/c1-4-10-20-17(21)15(25-18(20)23)8-9-16-19(5-2)13-11-12(22-3)6-7-14(13)24-16/h6-9,11H,4-5,10H2,1-3H3. The highest BCUT2D eigenvalue weighted by Crippen LogP contribution is 2.47. The van der Waals surface area contributed by atoms with Crippen molar-refractivity contribution in [3.05, 3.63) is 40.3 Å². The fraction of sp³-hybridized carbons (Fsp3) is 0.333. The summed E-state index contributed by atoms with van der Waals surface area (Å²) >= 11 is 8.40. The van der Waals surface area contributed by atoms with Crippen molar-refractivity contribution < 1.29 is 9.53 Å². The van der Waals surface area contributed by atoms with Gasteiger partial charge in [-0.3, -0.25) is 9.69 Å². The van der Waals surface area contributed by atoms with Gasteiger partial charge in [-0.15, -0.1) is 0 Å². The predicted molar refractivity (Wildman–Crippen MR) is 110 cm³/mol. The molecular weight excluding hydrogens is 372 g/mol. The van der Waals surface area contributed by atoms with Gasteiger partial charge in [-0.2, -0.15) is 0 Å². The summed E-state index contributed by atoms with van der Waals surface area (Å²) in [7, 11) is 1.68. The summed E-state index contributed by atoms with van der Waals surface area (Å²) in [6, 6.07) is 6.09. The first-order valence-corrected chi connectivity index (χ1v) is 10.2. The molecule has 0 unspecified atom stereocenters. The van der Waals surface area contributed by atoms with Crippen LogP contribution in [0.25, 0.3) is 0 Å². The number of rotatable bonds is 5. The Morgan fingerprint density at radius 1 is 1.20 bits per heavy atom. The maximum atomic E-state index is 12.4. The van der Waals surface area contributed by atoms with E-state index in [0.717, 1.165) is 29.4 Å². The molecule has 0 spiro atoms. The third-order valence-electron chi connectivity index (χ3n) is 3.95. The number of thioether (sulfide) groups is 2. The Balaban J connectivity index is 1.85. The molecule has 0 aliphatic carbocycles. The van der Waals surface area contributed by atoms with Gasteiger partial charge in [0.2, 0.25) is 0 Å². The first kappa shape index (κ1) is 18.4. The Bertz CT molecular complexity index is 774. The number of benzene rings is 1. The first-order chi connectivity index (χ1) is 12.1. The van der Waals surface area contributed by atoms with E-state index in [-0.39, 0.29) is 5.91 Å². The van der Waals surface area contributed by atoms with Gasteiger partial charge in [-0.25, -0.2) is 0 Å². The van der Waals surface area contributed by atoms with Crippen LogP contribution in [0.1, 0.15) is 20.3 Å². The highest BCUT2D eigenvalue weighted by Gasteiger charge is 2.31. The molecule has 2 heterocycles. The summed E-state index contributed by atoms with van der Waals surface area (Å²) in [5, 5.41) is 1.10. The molecule has 25 heavy (non-hydrogen) atoms. The molecule has 1 aromatic rings. The highest BCUT2D eigenvalue weighted by atomic mass is 32.2. The molecule has 1 saturated heterocycles. The summed E-state index contributed by atoms with van der Waals surface area (Å²) in [5.41, 5.74) is 1.14. The van der Waals surface area contributed by atoms with Gasteiger partial charge in [0.1, 0.15) is 10.1 Å². The average molecular weight is 393 g/mol. The van der Waals surface area contributed by atoms with E-state index in [4.69, 9.17) is 17.0 Å². The van der Waals surface area contributed by atoms with Gasteiger partial charge in [0.05, 0.1) is 22.7 Å². The fourth-order valence-corrected chi connectivity index (χ4v) is 5.09. The number of hydrogen-bond acceptors (Lipinski definition) is 6. The molecule has 1 aromatic carbocycles. The molecule has 0 aromatic heterocycles. The number of amides is 1. The number of nitrogens with zero attached hydrogens (tertiary/aromatic N) is 2. The van der Waals surface area contributed by atoms with Crippen LogP contribution in [0.4, 0.5) is 5.69 Å². The van der Waals surface area contributed by atoms with Gasteiger partial charge in [0.15, 0.2) is 0 Å². The smallest absolute Gasteiger partial charge is 0.266 e. The van der Waals surface area contributed by atoms with E-state index in [1.807, 2.05) is 31.2 Å². The second-order valence-corrected chi connectivity index (χ2v) is 8.28. The Labute approximate surface area is 162 Å². The van der Waals surface area contributed by atoms with Crippen molar-refractivity contribution in [3.8, 4) is 5.75 Å². The topological polar surface area (TPSA) is 32.8 Å². The third kappa shape index (κ3) is 3.59. The molecule has 0 saturated carbocycles. The number of ether oxygens (including phenoxy) is 1. The molecule has 0 radical (unpaired) electrons. The van der Waals surface area contributed by atoms with Crippen LogP contribution in [-0.4, -0.2) is 35.3 Å². The number of allylic oxidation sites excluding steroid dienone is 2. The zero-order valence-corrected chi connectivity index (χ0v) is 16.9. The van der Waals surface area contributed by atoms with Gasteiger partial charge in [-0.1, -0.05) is 42.7 Å². The van der Waals surface area contributed by atoms with Crippen molar-refractivity contribution in [2.75, 3.05) is 25.1 Å². The molecule has 0 bridgehead atoms. The zero-order chi connectivity index (χ0) is 18.0. The van der Waals surface area contributed by atoms with E-state index >= 15 is 0 Å². The number of carbonyl (C=O) groups is 1. The number of fused-ring (bicyclic) bond motifs is 1. The lowest BCUT2D eigenvalue weighted by atomic mass is 10.2. The number of carbonyl (C=O) groups excluding carboxylic acids is 1. The van der Waals surface area contributed by atoms with E-state index in [1.54, 1.807) is 23.8 Å². The van der Waals surface area contributed by atoms with Crippen molar-refractivity contribution >= 4 is 51.7 Å². The minimum Gasteiger partial charge on any atom is -0.497 e. The summed E-state index contributed by atoms with van der Waals surface area (Å²) < 4.78 is 5.98. The van der Waals surface area contributed by atoms with Crippen LogP contribution in [0.3, 0.4) is 0 Å². The van der Waals surface area contributed by atoms with Crippen molar-refractivity contribution in [1.82, 2.24) is 4.90 Å². The Morgan fingerprint density at radius 2 is 2.00 bits per heavy atom. The van der Waals surface area contributed by atoms with Crippen LogP contribution in [0, 0.1) is 0 Å². The molecule has 2 aliphatic rings. The monoisotopic (exact) mass is 392 g/mol. The molecule has 3 rings (SSSR count). The van der Waals surface area contributed by atoms with Gasteiger partial charge < -0.3 is 9.64 Å². The van der Waals surface area contributed by atoms with E-state index in [2.05, 4.69) is 17.9 Å². The summed E-state index contributed by atoms with van der Waals surface area (Å²) in [6.45, 7) is 5.69. The third-order valence-corrected chi connectivity index (χ3v) is 6.48. The Kier molecular flexibility index (Phi) is 5.76. The number of anilines is 1. The average Bonchev–Trinajstić information content (AvgIpc) is 3.10. The van der Waals surface area contributed by atoms with Gasteiger partial charge in [-0.05, 0) is 37.6 Å². The van der Waals surface area contributed by atoms with Gasteiger partial charge in [0, 0.05) is 24.1 Å². The first-order valence-electron chi connectivity index (χ1n) is 8.18. The van der Waals surface area contributed by atoms with Crippen molar-refractivity contribution in [3.63, 3.8) is 0 Å². The van der Waals surface area contributed by atoms with E-state index in [9.17, 15) is 4.79 Å². The van der Waals surface area contributed by atoms with E-state index < -0.39 is 0 Å². The molecule has 1 amide bonds. The van der Waals surface area contributed by atoms with Gasteiger partial charge >= 0.3 is 0 Å². The molecule has 0 atom stereocenters. The number of methoxy groups -OCH3 is 1. The molecule has 0 N–H and O–H groups in total. The predicted octanol–water partition coefficient (Wildman–Crippen LogP) is 4.62. The summed E-state index contributed by atoms with van der Waals surface area (Å²) in [4.78, 5) is 18.2. The molecule has 7 heteroatoms. The maximum absolute atomic E-state index is 12.4. The minimum atomic E-state index is 0.0129. The number of thiocarbonyl (C=S) groups is 1. The molecule has 2 aliphatic heterocycles. The lowest BCUT2D eigenvalue weighted by Gasteiger charge is -2.18. The molecule has 4 nitrogen and oxygen atoms in total. The lowest BCUT2D eigenvalue weighted by Crippen LogP contribution is -2.28. The van der Waals surface area contributed by atoms with Crippen LogP contribution in [0.2, 0.25) is 0 Å². The SMILES string of the molecule is CCCN1C(=O)C(=CC=C2Sc3ccc(OC)cc3N2CC)SC1=S. The lowest BCUT2D eigenvalue weighted by molar-refractivity contribution is -0.122. The largest absolute Gasteiger partial charge is 0.497 e. The van der Waals surface area contributed by atoms with Crippen LogP contribution in [-0.2, 0) is 4.79 Å². The Hall–Kier alpha value is -1.44. The Morgan fingerprint density at radius 3 is 2.68 bits per heavy atom. The summed E-state index contributed by atoms with van der Waals surface area (Å²) in [5.74, 6) is 0.860. The van der Waals surface area contributed by atoms with Crippen LogP contribution in [0.15, 0.2) is 45.2 Å². The van der Waals surface area contributed by atoms with Gasteiger partial charge in [0.25, 0.3) is 5.91 Å². The highest BCUT2D eigenvalue weighted by molar-refractivity contribution is 8.26. The second-order valence-electron chi connectivity index (χ2n) is 5.54. The second kappa shape index (κ2) is 7.85. The summed E-state index contributed by atoms with van der Waals surface area (Å²) in [6.07, 6.45) is 4.80. The van der Waals surface area contributed by atoms with E-state index in [1.165, 1.54) is 16.7 Å². The normalized spacial score (nSPS) is 20.1. The zero-order valence-electron chi connectivity index (χ0n) is 14.4. The van der Waals surface area contributed by atoms with Crippen molar-refractivity contribution in [1.29, 1.82) is 0 Å². The maximum Gasteiger partial charge on any atom is 0.266 e. The van der Waals surface area contributed by atoms with Crippen LogP contribution in [0.5, 0.6) is 5.75 Å². The molecule has 1 fully saturated rings. The molecular formula is C18H20N2O2S3.